The van der Waals surface area contributed by atoms with Crippen LogP contribution < -0.4 is 5.32 Å². The van der Waals surface area contributed by atoms with Crippen LogP contribution in [-0.2, 0) is 9.47 Å². The number of methoxy groups -OCH3 is 1. The van der Waals surface area contributed by atoms with Crippen LogP contribution in [0.25, 0.3) is 0 Å². The largest absolute Gasteiger partial charge is 0.382 e. The van der Waals surface area contributed by atoms with Gasteiger partial charge in [-0.2, -0.15) is 0 Å². The van der Waals surface area contributed by atoms with Gasteiger partial charge in [0.15, 0.2) is 0 Å². The molecule has 122 valence electrons. The second kappa shape index (κ2) is 7.61. The third-order valence-corrected chi connectivity index (χ3v) is 3.86. The summed E-state index contributed by atoms with van der Waals surface area (Å²) >= 11 is 0. The number of ether oxygens (including phenoxy) is 2. The van der Waals surface area contributed by atoms with Gasteiger partial charge in [0.25, 0.3) is 0 Å². The number of nitrogens with one attached hydrogen (secondary N) is 1. The molecule has 0 aromatic heterocycles. The molecule has 2 rings (SSSR count). The van der Waals surface area contributed by atoms with Crippen molar-refractivity contribution in [3.8, 4) is 0 Å². The van der Waals surface area contributed by atoms with Crippen molar-refractivity contribution in [1.82, 2.24) is 10.2 Å². The molecule has 5 nitrogen and oxygen atoms in total. The summed E-state index contributed by atoms with van der Waals surface area (Å²) in [5, 5.41) is 3.07. The first kappa shape index (κ1) is 16.8. The van der Waals surface area contributed by atoms with Gasteiger partial charge in [-0.25, -0.2) is 4.79 Å². The molecule has 5 heteroatoms. The molecule has 1 aliphatic heterocycles. The maximum Gasteiger partial charge on any atom is 0.318 e. The minimum Gasteiger partial charge on any atom is -0.382 e. The lowest BCUT2D eigenvalue weighted by Gasteiger charge is -2.33. The van der Waals surface area contributed by atoms with Crippen molar-refractivity contribution in [1.29, 1.82) is 0 Å². The number of morpholine rings is 1. The lowest BCUT2D eigenvalue weighted by molar-refractivity contribution is -0.0496. The van der Waals surface area contributed by atoms with Gasteiger partial charge in [-0.3, -0.25) is 0 Å². The fraction of sp³-hybridized carbons (Fsp3) is 0.588. The van der Waals surface area contributed by atoms with Crippen LogP contribution >= 0.6 is 0 Å². The Bertz CT molecular complexity index is 496. The molecule has 0 bridgehead atoms. The van der Waals surface area contributed by atoms with E-state index in [2.05, 4.69) is 37.4 Å². The Balaban J connectivity index is 1.95. The molecular formula is C17H26N2O3. The van der Waals surface area contributed by atoms with E-state index in [-0.39, 0.29) is 18.2 Å². The average Bonchev–Trinajstić information content (AvgIpc) is 2.46. The lowest BCUT2D eigenvalue weighted by atomic mass is 10.0. The highest BCUT2D eigenvalue weighted by Crippen LogP contribution is 2.17. The van der Waals surface area contributed by atoms with E-state index < -0.39 is 0 Å². The van der Waals surface area contributed by atoms with Gasteiger partial charge in [-0.15, -0.1) is 0 Å². The molecular weight excluding hydrogens is 280 g/mol. The van der Waals surface area contributed by atoms with E-state index in [1.165, 1.54) is 11.1 Å². The molecule has 2 amide bonds. The van der Waals surface area contributed by atoms with Crippen molar-refractivity contribution in [2.45, 2.75) is 32.9 Å². The number of nitrogens with zero attached hydrogens (tertiary/aromatic N) is 1. The number of amides is 2. The van der Waals surface area contributed by atoms with Gasteiger partial charge in [-0.05, 0) is 26.3 Å². The van der Waals surface area contributed by atoms with Gasteiger partial charge in [0.1, 0.15) is 0 Å². The zero-order valence-corrected chi connectivity index (χ0v) is 13.9. The van der Waals surface area contributed by atoms with Crippen molar-refractivity contribution in [2.24, 2.45) is 0 Å². The molecule has 2 atom stereocenters. The summed E-state index contributed by atoms with van der Waals surface area (Å²) in [4.78, 5) is 14.2. The number of hydrogen-bond acceptors (Lipinski definition) is 3. The fourth-order valence-corrected chi connectivity index (χ4v) is 2.81. The third-order valence-electron chi connectivity index (χ3n) is 3.86. The van der Waals surface area contributed by atoms with Gasteiger partial charge >= 0.3 is 6.03 Å². The van der Waals surface area contributed by atoms with Crippen molar-refractivity contribution in [3.05, 3.63) is 34.9 Å². The smallest absolute Gasteiger partial charge is 0.318 e. The number of carbonyl (C=O) groups is 1. The summed E-state index contributed by atoms with van der Waals surface area (Å²) in [7, 11) is 1.64. The monoisotopic (exact) mass is 306 g/mol. The Kier molecular flexibility index (Phi) is 5.80. The zero-order valence-electron chi connectivity index (χ0n) is 13.9. The molecule has 1 aromatic carbocycles. The molecule has 1 aliphatic rings. The minimum absolute atomic E-state index is 0.0187. The standard InChI is InChI=1S/C17H26N2O3/c1-12-7-13(2)9-15(8-12)14(3)18-17(20)19-5-6-22-16(10-19)11-21-4/h7-9,14,16H,5-6,10-11H2,1-4H3,(H,18,20)/t14-,16-/m1/s1. The Morgan fingerprint density at radius 3 is 2.73 bits per heavy atom. The highest BCUT2D eigenvalue weighted by atomic mass is 16.5. The topological polar surface area (TPSA) is 50.8 Å². The Labute approximate surface area is 132 Å². The highest BCUT2D eigenvalue weighted by molar-refractivity contribution is 5.74. The molecule has 1 heterocycles. The number of hydrogen-bond donors (Lipinski definition) is 1. The Morgan fingerprint density at radius 1 is 1.41 bits per heavy atom. The highest BCUT2D eigenvalue weighted by Gasteiger charge is 2.25. The molecule has 1 aromatic rings. The van der Waals surface area contributed by atoms with E-state index in [0.717, 1.165) is 5.56 Å². The molecule has 22 heavy (non-hydrogen) atoms. The van der Waals surface area contributed by atoms with Gasteiger partial charge in [0, 0.05) is 13.7 Å². The molecule has 1 saturated heterocycles. The molecule has 0 aliphatic carbocycles. The second-order valence-electron chi connectivity index (χ2n) is 5.99. The first-order valence-electron chi connectivity index (χ1n) is 7.73. The predicted molar refractivity (Wildman–Crippen MR) is 86.1 cm³/mol. The lowest BCUT2D eigenvalue weighted by Crippen LogP contribution is -2.51. The second-order valence-corrected chi connectivity index (χ2v) is 5.99. The molecule has 1 fully saturated rings. The molecule has 0 unspecified atom stereocenters. The van der Waals surface area contributed by atoms with Gasteiger partial charge in [0.2, 0.25) is 0 Å². The van der Waals surface area contributed by atoms with Crippen LogP contribution in [-0.4, -0.2) is 50.4 Å². The summed E-state index contributed by atoms with van der Waals surface area (Å²) < 4.78 is 10.7. The van der Waals surface area contributed by atoms with Crippen LogP contribution in [0.4, 0.5) is 4.79 Å². The van der Waals surface area contributed by atoms with Crippen molar-refractivity contribution in [3.63, 3.8) is 0 Å². The molecule has 0 spiro atoms. The van der Waals surface area contributed by atoms with Crippen LogP contribution in [0.2, 0.25) is 0 Å². The van der Waals surface area contributed by atoms with E-state index in [4.69, 9.17) is 9.47 Å². The molecule has 0 saturated carbocycles. The quantitative estimate of drug-likeness (QED) is 0.929. The summed E-state index contributed by atoms with van der Waals surface area (Å²) in [6.07, 6.45) is -0.0407. The minimum atomic E-state index is -0.0453. The van der Waals surface area contributed by atoms with Crippen molar-refractivity contribution in [2.75, 3.05) is 33.4 Å². The Hall–Kier alpha value is -1.59. The van der Waals surface area contributed by atoms with Crippen molar-refractivity contribution < 1.29 is 14.3 Å². The number of carbonyl (C=O) groups excluding carboxylic acids is 1. The predicted octanol–water partition coefficient (Wildman–Crippen LogP) is 2.42. The van der Waals surface area contributed by atoms with Crippen LogP contribution in [0.5, 0.6) is 0 Å². The van der Waals surface area contributed by atoms with Gasteiger partial charge in [0.05, 0.1) is 31.9 Å². The SMILES string of the molecule is COC[C@H]1CN(C(=O)N[C@H](C)c2cc(C)cc(C)c2)CCO1. The number of aryl methyl sites for hydroxylation is 2. The molecule has 1 N–H and O–H groups in total. The average molecular weight is 306 g/mol. The van der Waals surface area contributed by atoms with E-state index in [9.17, 15) is 4.79 Å². The van der Waals surface area contributed by atoms with E-state index in [1.54, 1.807) is 12.0 Å². The Morgan fingerprint density at radius 2 is 2.09 bits per heavy atom. The van der Waals surface area contributed by atoms with Gasteiger partial charge in [-0.1, -0.05) is 29.3 Å². The summed E-state index contributed by atoms with van der Waals surface area (Å²) in [5.41, 5.74) is 3.55. The van der Waals surface area contributed by atoms with Crippen LogP contribution in [0.15, 0.2) is 18.2 Å². The fourth-order valence-electron chi connectivity index (χ4n) is 2.81. The van der Waals surface area contributed by atoms with Crippen LogP contribution in [0.3, 0.4) is 0 Å². The van der Waals surface area contributed by atoms with E-state index in [0.29, 0.717) is 26.3 Å². The first-order valence-corrected chi connectivity index (χ1v) is 7.73. The summed E-state index contributed by atoms with van der Waals surface area (Å²) in [6, 6.07) is 6.30. The summed E-state index contributed by atoms with van der Waals surface area (Å²) in [6.45, 7) is 8.41. The number of urea groups is 1. The van der Waals surface area contributed by atoms with E-state index >= 15 is 0 Å². The molecule has 0 radical (unpaired) electrons. The normalized spacial score (nSPS) is 19.8. The zero-order chi connectivity index (χ0) is 16.1. The van der Waals surface area contributed by atoms with Crippen LogP contribution in [0.1, 0.15) is 29.7 Å². The van der Waals surface area contributed by atoms with E-state index in [1.807, 2.05) is 6.92 Å². The van der Waals surface area contributed by atoms with Gasteiger partial charge < -0.3 is 19.7 Å². The maximum absolute atomic E-state index is 12.4. The van der Waals surface area contributed by atoms with Crippen LogP contribution in [0, 0.1) is 13.8 Å². The van der Waals surface area contributed by atoms with Crippen molar-refractivity contribution >= 4 is 6.03 Å². The summed E-state index contributed by atoms with van der Waals surface area (Å²) in [5.74, 6) is 0. The third kappa shape index (κ3) is 4.45. The number of rotatable bonds is 4. The first-order chi connectivity index (χ1) is 10.5. The number of benzene rings is 1. The maximum atomic E-state index is 12.4.